The van der Waals surface area contributed by atoms with Crippen LogP contribution in [0, 0.1) is 0 Å². The summed E-state index contributed by atoms with van der Waals surface area (Å²) in [4.78, 5) is 0. The van der Waals surface area contributed by atoms with Crippen molar-refractivity contribution < 1.29 is 9.47 Å². The van der Waals surface area contributed by atoms with E-state index in [1.54, 1.807) is 0 Å². The van der Waals surface area contributed by atoms with Gasteiger partial charge in [-0.3, -0.25) is 0 Å². The molecule has 0 radical (unpaired) electrons. The minimum Gasteiger partial charge on any atom is -0.483 e. The third kappa shape index (κ3) is 2.98. The van der Waals surface area contributed by atoms with Crippen LogP contribution >= 0.6 is 0 Å². The van der Waals surface area contributed by atoms with E-state index in [2.05, 4.69) is 13.2 Å². The average molecular weight is 190 g/mol. The van der Waals surface area contributed by atoms with Gasteiger partial charge in [0.25, 0.3) is 0 Å². The molecule has 0 fully saturated rings. The van der Waals surface area contributed by atoms with Gasteiger partial charge < -0.3 is 9.47 Å². The average Bonchev–Trinajstić information content (AvgIpc) is 2.19. The highest BCUT2D eigenvalue weighted by atomic mass is 16.5. The molecule has 1 unspecified atom stereocenters. The van der Waals surface area contributed by atoms with Gasteiger partial charge in [-0.25, -0.2) is 0 Å². The fourth-order valence-corrected chi connectivity index (χ4v) is 0.972. The molecule has 2 nitrogen and oxygen atoms in total. The van der Waals surface area contributed by atoms with Crippen molar-refractivity contribution in [3.8, 4) is 5.75 Å². The van der Waals surface area contributed by atoms with Crippen LogP contribution in [0.15, 0.2) is 55.5 Å². The maximum atomic E-state index is 5.56. The molecule has 0 amide bonds. The standard InChI is InChI=1S/C12H14O2/c1-4-13-10(2)11(3)14-12-8-6-5-7-9-12/h4-9,11H,1-2H2,3H3. The predicted octanol–water partition coefficient (Wildman–Crippen LogP) is 3.13. The van der Waals surface area contributed by atoms with Gasteiger partial charge in [-0.15, -0.1) is 0 Å². The first-order valence-electron chi connectivity index (χ1n) is 4.42. The Morgan fingerprint density at radius 1 is 1.36 bits per heavy atom. The summed E-state index contributed by atoms with van der Waals surface area (Å²) in [5, 5.41) is 0. The van der Waals surface area contributed by atoms with Crippen molar-refractivity contribution in [2.24, 2.45) is 0 Å². The molecule has 0 aromatic heterocycles. The summed E-state index contributed by atoms with van der Waals surface area (Å²) in [6, 6.07) is 9.54. The van der Waals surface area contributed by atoms with Crippen molar-refractivity contribution in [2.75, 3.05) is 0 Å². The van der Waals surface area contributed by atoms with Crippen LogP contribution < -0.4 is 4.74 Å². The topological polar surface area (TPSA) is 18.5 Å². The van der Waals surface area contributed by atoms with Gasteiger partial charge in [-0.05, 0) is 19.1 Å². The molecule has 74 valence electrons. The first-order valence-corrected chi connectivity index (χ1v) is 4.42. The summed E-state index contributed by atoms with van der Waals surface area (Å²) in [5.74, 6) is 1.35. The molecule has 0 aliphatic carbocycles. The Hall–Kier alpha value is -1.70. The summed E-state index contributed by atoms with van der Waals surface area (Å²) in [6.07, 6.45) is 1.16. The van der Waals surface area contributed by atoms with Crippen molar-refractivity contribution in [2.45, 2.75) is 13.0 Å². The molecule has 0 heterocycles. The number of rotatable bonds is 5. The quantitative estimate of drug-likeness (QED) is 0.664. The molecule has 14 heavy (non-hydrogen) atoms. The smallest absolute Gasteiger partial charge is 0.153 e. The van der Waals surface area contributed by atoms with Crippen molar-refractivity contribution in [3.05, 3.63) is 55.5 Å². The van der Waals surface area contributed by atoms with Gasteiger partial charge in [-0.1, -0.05) is 31.4 Å². The molecular weight excluding hydrogens is 176 g/mol. The molecule has 1 aromatic carbocycles. The molecule has 1 rings (SSSR count). The zero-order chi connectivity index (χ0) is 10.4. The Balaban J connectivity index is 2.52. The Kier molecular flexibility index (Phi) is 3.80. The van der Waals surface area contributed by atoms with E-state index in [9.17, 15) is 0 Å². The van der Waals surface area contributed by atoms with Gasteiger partial charge in [0.1, 0.15) is 11.5 Å². The summed E-state index contributed by atoms with van der Waals surface area (Å²) < 4.78 is 10.6. The Morgan fingerprint density at radius 2 is 2.00 bits per heavy atom. The second-order valence-electron chi connectivity index (χ2n) is 2.82. The third-order valence-corrected chi connectivity index (χ3v) is 1.74. The molecule has 0 aliphatic rings. The number of hydrogen-bond donors (Lipinski definition) is 0. The molecule has 2 heteroatoms. The van der Waals surface area contributed by atoms with Crippen LogP contribution in [-0.2, 0) is 4.74 Å². The van der Waals surface area contributed by atoms with Crippen molar-refractivity contribution >= 4 is 0 Å². The maximum absolute atomic E-state index is 5.56. The summed E-state index contributed by atoms with van der Waals surface area (Å²) >= 11 is 0. The van der Waals surface area contributed by atoms with E-state index in [0.29, 0.717) is 5.76 Å². The fourth-order valence-electron chi connectivity index (χ4n) is 0.972. The highest BCUT2D eigenvalue weighted by Crippen LogP contribution is 2.14. The lowest BCUT2D eigenvalue weighted by molar-refractivity contribution is 0.181. The highest BCUT2D eigenvalue weighted by Gasteiger charge is 2.08. The summed E-state index contributed by atoms with van der Waals surface area (Å²) in [6.45, 7) is 9.05. The van der Waals surface area contributed by atoms with E-state index >= 15 is 0 Å². The Labute approximate surface area is 84.5 Å². The normalized spacial score (nSPS) is 11.5. The molecule has 0 N–H and O–H groups in total. The van der Waals surface area contributed by atoms with Crippen molar-refractivity contribution in [1.29, 1.82) is 0 Å². The summed E-state index contributed by atoms with van der Waals surface area (Å²) in [5.41, 5.74) is 0. The van der Waals surface area contributed by atoms with Crippen LogP contribution in [0.1, 0.15) is 6.92 Å². The monoisotopic (exact) mass is 190 g/mol. The Bertz CT molecular complexity index is 303. The van der Waals surface area contributed by atoms with Gasteiger partial charge in [0, 0.05) is 0 Å². The Morgan fingerprint density at radius 3 is 2.57 bits per heavy atom. The number of ether oxygens (including phenoxy) is 2. The molecule has 0 saturated heterocycles. The summed E-state index contributed by atoms with van der Waals surface area (Å²) in [7, 11) is 0. The maximum Gasteiger partial charge on any atom is 0.153 e. The lowest BCUT2D eigenvalue weighted by Gasteiger charge is -2.15. The predicted molar refractivity (Wildman–Crippen MR) is 57.0 cm³/mol. The largest absolute Gasteiger partial charge is 0.483 e. The minimum atomic E-state index is -0.185. The van der Waals surface area contributed by atoms with Crippen molar-refractivity contribution in [1.82, 2.24) is 0 Å². The van der Waals surface area contributed by atoms with E-state index in [1.165, 1.54) is 6.26 Å². The second-order valence-corrected chi connectivity index (χ2v) is 2.82. The van der Waals surface area contributed by atoms with Gasteiger partial charge in [0.05, 0.1) is 6.26 Å². The van der Waals surface area contributed by atoms with Gasteiger partial charge >= 0.3 is 0 Å². The fraction of sp³-hybridized carbons (Fsp3) is 0.167. The lowest BCUT2D eigenvalue weighted by atomic mass is 10.3. The van der Waals surface area contributed by atoms with Crippen LogP contribution in [0.3, 0.4) is 0 Å². The molecule has 0 bridgehead atoms. The van der Waals surface area contributed by atoms with Crippen LogP contribution in [0.25, 0.3) is 0 Å². The number of para-hydroxylation sites is 1. The minimum absolute atomic E-state index is 0.185. The van der Waals surface area contributed by atoms with Gasteiger partial charge in [0.15, 0.2) is 6.10 Å². The van der Waals surface area contributed by atoms with Gasteiger partial charge in [-0.2, -0.15) is 0 Å². The van der Waals surface area contributed by atoms with E-state index in [4.69, 9.17) is 9.47 Å². The zero-order valence-electron chi connectivity index (χ0n) is 8.27. The first-order chi connectivity index (χ1) is 6.74. The zero-order valence-corrected chi connectivity index (χ0v) is 8.27. The second kappa shape index (κ2) is 5.12. The molecular formula is C12H14O2. The van der Waals surface area contributed by atoms with Crippen LogP contribution in [0.4, 0.5) is 0 Å². The van der Waals surface area contributed by atoms with Crippen LogP contribution in [0.2, 0.25) is 0 Å². The number of hydrogen-bond acceptors (Lipinski definition) is 2. The van der Waals surface area contributed by atoms with E-state index in [-0.39, 0.29) is 6.10 Å². The van der Waals surface area contributed by atoms with Crippen LogP contribution in [-0.4, -0.2) is 6.10 Å². The molecule has 1 aromatic rings. The lowest BCUT2D eigenvalue weighted by Crippen LogP contribution is -2.14. The SMILES string of the molecule is C=COC(=C)C(C)Oc1ccccc1. The number of benzene rings is 1. The first kappa shape index (κ1) is 10.4. The van der Waals surface area contributed by atoms with Gasteiger partial charge in [0.2, 0.25) is 0 Å². The molecule has 0 aliphatic heterocycles. The molecule has 0 saturated carbocycles. The highest BCUT2D eigenvalue weighted by molar-refractivity contribution is 5.22. The van der Waals surface area contributed by atoms with E-state index < -0.39 is 0 Å². The van der Waals surface area contributed by atoms with E-state index in [0.717, 1.165) is 5.75 Å². The third-order valence-electron chi connectivity index (χ3n) is 1.74. The van der Waals surface area contributed by atoms with Crippen molar-refractivity contribution in [3.63, 3.8) is 0 Å². The molecule has 1 atom stereocenters. The van der Waals surface area contributed by atoms with Crippen LogP contribution in [0.5, 0.6) is 5.75 Å². The van der Waals surface area contributed by atoms with E-state index in [1.807, 2.05) is 37.3 Å². The molecule has 0 spiro atoms.